The Balaban J connectivity index is 1.59. The van der Waals surface area contributed by atoms with Gasteiger partial charge in [-0.1, -0.05) is 58.4 Å². The topological polar surface area (TPSA) is 66.5 Å². The summed E-state index contributed by atoms with van der Waals surface area (Å²) in [7, 11) is 0. The van der Waals surface area contributed by atoms with Crippen molar-refractivity contribution >= 4 is 33.5 Å². The maximum Gasteiger partial charge on any atom is 0.224 e. The van der Waals surface area contributed by atoms with E-state index in [-0.39, 0.29) is 36.0 Å². The lowest BCUT2D eigenvalue weighted by molar-refractivity contribution is -0.133. The predicted octanol–water partition coefficient (Wildman–Crippen LogP) is 4.14. The third-order valence-electron chi connectivity index (χ3n) is 5.31. The van der Waals surface area contributed by atoms with E-state index in [0.717, 1.165) is 15.6 Å². The third-order valence-corrected chi connectivity index (χ3v) is 5.83. The lowest BCUT2D eigenvalue weighted by Crippen LogP contribution is -2.42. The van der Waals surface area contributed by atoms with E-state index in [4.69, 9.17) is 0 Å². The molecule has 5 nitrogen and oxygen atoms in total. The number of likely N-dealkylation sites (tertiary alicyclic amines) is 1. The van der Waals surface area contributed by atoms with Crippen molar-refractivity contribution in [1.82, 2.24) is 10.2 Å². The molecule has 2 aromatic rings. The number of carbonyl (C=O) groups excluding carboxylic acids is 3. The molecule has 29 heavy (non-hydrogen) atoms. The fourth-order valence-electron chi connectivity index (χ4n) is 3.73. The molecule has 0 aliphatic carbocycles. The molecule has 0 aromatic heterocycles. The van der Waals surface area contributed by atoms with E-state index in [9.17, 15) is 14.4 Å². The molecule has 1 unspecified atom stereocenters. The molecule has 1 aliphatic rings. The van der Waals surface area contributed by atoms with Crippen LogP contribution in [0.2, 0.25) is 0 Å². The fraction of sp³-hybridized carbons (Fsp3) is 0.348. The lowest BCUT2D eigenvalue weighted by Gasteiger charge is -2.32. The molecular formula is C23H25BrN2O3. The summed E-state index contributed by atoms with van der Waals surface area (Å²) in [6.45, 7) is 2.58. The molecule has 1 saturated heterocycles. The summed E-state index contributed by atoms with van der Waals surface area (Å²) in [5.74, 6) is -0.0575. The molecule has 1 N–H and O–H groups in total. The number of halogens is 1. The monoisotopic (exact) mass is 456 g/mol. The van der Waals surface area contributed by atoms with Crippen LogP contribution >= 0.6 is 15.9 Å². The average molecular weight is 457 g/mol. The SMILES string of the molecule is CC(=O)NC(CC(=O)N1CCC(C(=O)c2ccccc2)CC1)c1ccc(Br)cc1. The van der Waals surface area contributed by atoms with Crippen molar-refractivity contribution in [2.45, 2.75) is 32.2 Å². The first kappa shape index (κ1) is 21.2. The van der Waals surface area contributed by atoms with Crippen LogP contribution < -0.4 is 5.32 Å². The van der Waals surface area contributed by atoms with Crippen molar-refractivity contribution in [1.29, 1.82) is 0 Å². The standard InChI is InChI=1S/C23H25BrN2O3/c1-16(27)25-21(17-7-9-20(24)10-8-17)15-22(28)26-13-11-19(12-14-26)23(29)18-5-3-2-4-6-18/h2-10,19,21H,11-15H2,1H3,(H,25,27). The average Bonchev–Trinajstić information content (AvgIpc) is 2.73. The van der Waals surface area contributed by atoms with Crippen molar-refractivity contribution in [3.05, 3.63) is 70.2 Å². The van der Waals surface area contributed by atoms with Gasteiger partial charge in [0.25, 0.3) is 0 Å². The Morgan fingerprint density at radius 3 is 2.24 bits per heavy atom. The van der Waals surface area contributed by atoms with E-state index in [2.05, 4.69) is 21.2 Å². The highest BCUT2D eigenvalue weighted by molar-refractivity contribution is 9.10. The maximum atomic E-state index is 12.9. The molecule has 1 fully saturated rings. The summed E-state index contributed by atoms with van der Waals surface area (Å²) in [6, 6.07) is 16.6. The molecule has 1 heterocycles. The first-order valence-electron chi connectivity index (χ1n) is 9.83. The van der Waals surface area contributed by atoms with E-state index in [0.29, 0.717) is 25.9 Å². The van der Waals surface area contributed by atoms with E-state index in [1.54, 1.807) is 0 Å². The molecule has 1 aliphatic heterocycles. The number of rotatable bonds is 6. The number of nitrogens with one attached hydrogen (secondary N) is 1. The normalized spacial score (nSPS) is 15.6. The minimum Gasteiger partial charge on any atom is -0.349 e. The molecule has 1 atom stereocenters. The molecule has 0 saturated carbocycles. The van der Waals surface area contributed by atoms with Crippen molar-refractivity contribution in [3.63, 3.8) is 0 Å². The maximum absolute atomic E-state index is 12.9. The van der Waals surface area contributed by atoms with Crippen LogP contribution in [0.3, 0.4) is 0 Å². The van der Waals surface area contributed by atoms with Crippen molar-refractivity contribution in [2.75, 3.05) is 13.1 Å². The van der Waals surface area contributed by atoms with Crippen LogP contribution in [0.25, 0.3) is 0 Å². The fourth-order valence-corrected chi connectivity index (χ4v) is 3.99. The quantitative estimate of drug-likeness (QED) is 0.664. The Bertz CT molecular complexity index is 859. The highest BCUT2D eigenvalue weighted by Crippen LogP contribution is 2.25. The summed E-state index contributed by atoms with van der Waals surface area (Å²) < 4.78 is 0.944. The number of carbonyl (C=O) groups is 3. The zero-order valence-corrected chi connectivity index (χ0v) is 18.0. The van der Waals surface area contributed by atoms with Crippen LogP contribution in [0.4, 0.5) is 0 Å². The minimum atomic E-state index is -0.364. The van der Waals surface area contributed by atoms with E-state index < -0.39 is 0 Å². The molecule has 0 spiro atoms. The molecule has 0 bridgehead atoms. The molecule has 3 rings (SSSR count). The third kappa shape index (κ3) is 5.76. The second kappa shape index (κ2) is 9.83. The highest BCUT2D eigenvalue weighted by atomic mass is 79.9. The Morgan fingerprint density at radius 1 is 1.03 bits per heavy atom. The van der Waals surface area contributed by atoms with Crippen LogP contribution in [0.1, 0.15) is 48.1 Å². The van der Waals surface area contributed by atoms with Gasteiger partial charge in [-0.2, -0.15) is 0 Å². The van der Waals surface area contributed by atoms with Gasteiger partial charge in [0.15, 0.2) is 5.78 Å². The Kier molecular flexibility index (Phi) is 7.20. The van der Waals surface area contributed by atoms with Gasteiger partial charge < -0.3 is 10.2 Å². The second-order valence-corrected chi connectivity index (χ2v) is 8.31. The van der Waals surface area contributed by atoms with Gasteiger partial charge in [0.1, 0.15) is 0 Å². The number of piperidine rings is 1. The van der Waals surface area contributed by atoms with Crippen LogP contribution in [0.15, 0.2) is 59.1 Å². The number of hydrogen-bond acceptors (Lipinski definition) is 3. The summed E-state index contributed by atoms with van der Waals surface area (Å²) in [5.41, 5.74) is 1.63. The van der Waals surface area contributed by atoms with Gasteiger partial charge >= 0.3 is 0 Å². The van der Waals surface area contributed by atoms with Crippen LogP contribution in [0.5, 0.6) is 0 Å². The van der Waals surface area contributed by atoms with E-state index >= 15 is 0 Å². The van der Waals surface area contributed by atoms with Crippen molar-refractivity contribution in [2.24, 2.45) is 5.92 Å². The first-order chi connectivity index (χ1) is 13.9. The van der Waals surface area contributed by atoms with Crippen molar-refractivity contribution in [3.8, 4) is 0 Å². The first-order valence-corrected chi connectivity index (χ1v) is 10.6. The van der Waals surface area contributed by atoms with Gasteiger partial charge in [0.05, 0.1) is 12.5 Å². The van der Waals surface area contributed by atoms with Gasteiger partial charge in [-0.3, -0.25) is 14.4 Å². The van der Waals surface area contributed by atoms with E-state index in [1.165, 1.54) is 6.92 Å². The smallest absolute Gasteiger partial charge is 0.224 e. The second-order valence-electron chi connectivity index (χ2n) is 7.39. The molecule has 2 aromatic carbocycles. The summed E-state index contributed by atoms with van der Waals surface area (Å²) in [5, 5.41) is 2.88. The van der Waals surface area contributed by atoms with Crippen LogP contribution in [0, 0.1) is 5.92 Å². The molecule has 0 radical (unpaired) electrons. The molecule has 2 amide bonds. The molecular weight excluding hydrogens is 432 g/mol. The number of amides is 2. The number of Topliss-reactive ketones (excluding diaryl/α,β-unsaturated/α-hetero) is 1. The van der Waals surface area contributed by atoms with Crippen LogP contribution in [-0.4, -0.2) is 35.6 Å². The number of nitrogens with zero attached hydrogens (tertiary/aromatic N) is 1. The largest absolute Gasteiger partial charge is 0.349 e. The molecule has 152 valence electrons. The summed E-state index contributed by atoms with van der Waals surface area (Å²) >= 11 is 3.40. The highest BCUT2D eigenvalue weighted by Gasteiger charge is 2.29. The van der Waals surface area contributed by atoms with Gasteiger partial charge in [-0.25, -0.2) is 0 Å². The number of ketones is 1. The Morgan fingerprint density at radius 2 is 1.66 bits per heavy atom. The zero-order chi connectivity index (χ0) is 20.8. The van der Waals surface area contributed by atoms with E-state index in [1.807, 2.05) is 59.5 Å². The summed E-state index contributed by atoms with van der Waals surface area (Å²) in [6.07, 6.45) is 1.55. The van der Waals surface area contributed by atoms with Gasteiger partial charge in [-0.05, 0) is 30.5 Å². The van der Waals surface area contributed by atoms with Gasteiger partial charge in [-0.15, -0.1) is 0 Å². The van der Waals surface area contributed by atoms with Gasteiger partial charge in [0, 0.05) is 36.0 Å². The Hall–Kier alpha value is -2.47. The van der Waals surface area contributed by atoms with Gasteiger partial charge in [0.2, 0.25) is 11.8 Å². The number of hydrogen-bond donors (Lipinski definition) is 1. The zero-order valence-electron chi connectivity index (χ0n) is 16.4. The Labute approximate surface area is 179 Å². The summed E-state index contributed by atoms with van der Waals surface area (Å²) in [4.78, 5) is 38.9. The molecule has 6 heteroatoms. The predicted molar refractivity (Wildman–Crippen MR) is 115 cm³/mol. The van der Waals surface area contributed by atoms with Crippen LogP contribution in [-0.2, 0) is 9.59 Å². The van der Waals surface area contributed by atoms with Crippen molar-refractivity contribution < 1.29 is 14.4 Å². The number of benzene rings is 2. The minimum absolute atomic E-state index is 0.00252. The lowest BCUT2D eigenvalue weighted by atomic mass is 9.88.